The van der Waals surface area contributed by atoms with Crippen molar-refractivity contribution in [3.63, 3.8) is 0 Å². The van der Waals surface area contributed by atoms with Gasteiger partial charge in [-0.2, -0.15) is 0 Å². The molecular weight excluding hydrogens is 1230 g/mol. The maximum absolute atomic E-state index is 13.1. The van der Waals surface area contributed by atoms with Crippen LogP contribution in [-0.2, 0) is 65.4 Å². The molecule has 0 radical (unpaired) electrons. The summed E-state index contributed by atoms with van der Waals surface area (Å²) in [5.74, 6) is -0.461. The Balaban J connectivity index is 5.24. The number of hydrogen-bond donors (Lipinski definition) is 3. The van der Waals surface area contributed by atoms with Gasteiger partial charge in [-0.3, -0.25) is 37.3 Å². The SMILES string of the molecule is CCCCCCCCCCCCCCCC(=O)O[C@H](COC(=O)CCCCCCCCCCC)COP(=O)(O)OC[C@H](O)COP(=O)(O)OC[C@@H](COC(=O)CCCCCCCCCCCCC(C)CC)OC(=O)CCCCCCCCCCCCCCCCC(C)CC. The molecule has 0 aromatic carbocycles. The van der Waals surface area contributed by atoms with Crippen molar-refractivity contribution >= 4 is 39.5 Å². The van der Waals surface area contributed by atoms with Crippen LogP contribution in [0.25, 0.3) is 0 Å². The van der Waals surface area contributed by atoms with Gasteiger partial charge in [-0.05, 0) is 37.5 Å². The number of aliphatic hydroxyl groups is 1. The summed E-state index contributed by atoms with van der Waals surface area (Å²) in [6.45, 7) is 9.66. The Labute approximate surface area is 575 Å². The van der Waals surface area contributed by atoms with E-state index in [4.69, 9.17) is 37.0 Å². The molecule has 0 aliphatic heterocycles. The molecule has 17 nitrogen and oxygen atoms in total. The zero-order valence-corrected chi connectivity index (χ0v) is 63.1. The number of esters is 4. The van der Waals surface area contributed by atoms with E-state index in [1.165, 1.54) is 205 Å². The fourth-order valence-corrected chi connectivity index (χ4v) is 13.0. The summed E-state index contributed by atoms with van der Waals surface area (Å²) in [5, 5.41) is 10.6. The molecule has 0 saturated heterocycles. The Bertz CT molecular complexity index is 1820. The van der Waals surface area contributed by atoms with E-state index in [2.05, 4.69) is 41.5 Å². The van der Waals surface area contributed by atoms with Crippen molar-refractivity contribution in [2.45, 2.75) is 407 Å². The molecule has 3 N–H and O–H groups in total. The van der Waals surface area contributed by atoms with Crippen LogP contribution in [0.4, 0.5) is 0 Å². The van der Waals surface area contributed by atoms with E-state index in [1.54, 1.807) is 0 Å². The molecule has 0 aliphatic carbocycles. The Kier molecular flexibility index (Phi) is 65.5. The third-order valence-electron chi connectivity index (χ3n) is 18.2. The second-order valence-electron chi connectivity index (χ2n) is 27.5. The van der Waals surface area contributed by atoms with Crippen LogP contribution in [0.5, 0.6) is 0 Å². The van der Waals surface area contributed by atoms with Gasteiger partial charge in [-0.25, -0.2) is 9.13 Å². The van der Waals surface area contributed by atoms with E-state index in [-0.39, 0.29) is 25.7 Å². The number of unbranched alkanes of at least 4 members (excludes halogenated alkanes) is 42. The largest absolute Gasteiger partial charge is 0.472 e. The van der Waals surface area contributed by atoms with Crippen LogP contribution in [0, 0.1) is 11.8 Å². The molecule has 0 saturated carbocycles. The minimum atomic E-state index is -4.96. The lowest BCUT2D eigenvalue weighted by molar-refractivity contribution is -0.161. The van der Waals surface area contributed by atoms with Crippen molar-refractivity contribution in [2.75, 3.05) is 39.6 Å². The third-order valence-corrected chi connectivity index (χ3v) is 20.1. The topological polar surface area (TPSA) is 237 Å². The van der Waals surface area contributed by atoms with E-state index >= 15 is 0 Å². The van der Waals surface area contributed by atoms with Crippen LogP contribution in [0.3, 0.4) is 0 Å². The van der Waals surface area contributed by atoms with Crippen LogP contribution < -0.4 is 0 Å². The van der Waals surface area contributed by atoms with Gasteiger partial charge in [0.25, 0.3) is 0 Å². The second kappa shape index (κ2) is 66.9. The van der Waals surface area contributed by atoms with Gasteiger partial charge >= 0.3 is 39.5 Å². The summed E-state index contributed by atoms with van der Waals surface area (Å²) in [5.41, 5.74) is 0. The predicted octanol–water partition coefficient (Wildman–Crippen LogP) is 21.9. The molecule has 0 aliphatic rings. The highest BCUT2D eigenvalue weighted by molar-refractivity contribution is 7.47. The highest BCUT2D eigenvalue weighted by Gasteiger charge is 2.30. The van der Waals surface area contributed by atoms with Gasteiger partial charge in [0, 0.05) is 25.7 Å². The van der Waals surface area contributed by atoms with E-state index in [0.29, 0.717) is 25.7 Å². The summed E-state index contributed by atoms with van der Waals surface area (Å²) in [6, 6.07) is 0. The number of ether oxygens (including phenoxy) is 4. The number of carbonyl (C=O) groups is 4. The summed E-state index contributed by atoms with van der Waals surface area (Å²) >= 11 is 0. The summed E-state index contributed by atoms with van der Waals surface area (Å²) in [6.07, 6.45) is 53.8. The normalized spacial score (nSPS) is 14.6. The molecular formula is C75H146O17P2. The first-order valence-electron chi connectivity index (χ1n) is 39.1. The zero-order valence-electron chi connectivity index (χ0n) is 61.3. The van der Waals surface area contributed by atoms with Crippen LogP contribution in [-0.4, -0.2) is 96.7 Å². The molecule has 0 amide bonds. The van der Waals surface area contributed by atoms with Gasteiger partial charge in [0.05, 0.1) is 26.4 Å². The van der Waals surface area contributed by atoms with Crippen LogP contribution in [0.2, 0.25) is 0 Å². The molecule has 0 aromatic rings. The highest BCUT2D eigenvalue weighted by Crippen LogP contribution is 2.45. The molecule has 7 atom stereocenters. The van der Waals surface area contributed by atoms with Crippen molar-refractivity contribution < 1.29 is 80.2 Å². The number of phosphoric ester groups is 2. The molecule has 0 rings (SSSR count). The van der Waals surface area contributed by atoms with Gasteiger partial charge in [0.1, 0.15) is 19.3 Å². The monoisotopic (exact) mass is 1380 g/mol. The van der Waals surface area contributed by atoms with E-state index < -0.39 is 97.5 Å². The smallest absolute Gasteiger partial charge is 0.462 e. The van der Waals surface area contributed by atoms with Crippen LogP contribution >= 0.6 is 15.6 Å². The van der Waals surface area contributed by atoms with Crippen molar-refractivity contribution in [3.8, 4) is 0 Å². The number of hydrogen-bond acceptors (Lipinski definition) is 15. The van der Waals surface area contributed by atoms with Gasteiger partial charge in [0.15, 0.2) is 12.2 Å². The Hall–Kier alpha value is -1.94. The second-order valence-corrected chi connectivity index (χ2v) is 30.4. The van der Waals surface area contributed by atoms with Crippen molar-refractivity contribution in [3.05, 3.63) is 0 Å². The standard InChI is InChI=1S/C75H146O17P2/c1-7-11-13-15-17-19-20-23-27-35-41-47-53-59-74(79)91-70(63-85-72(77)57-51-45-39-31-18-16-14-12-8-2)65-89-93(81,82)87-61-69(76)62-88-94(83,84)90-66-71(64-86-73(78)58-52-46-40-34-30-29-33-38-44-50-56-68(6)10-4)92-75(80)60-54-48-42-36-28-25-22-21-24-26-32-37-43-49-55-67(5)9-3/h67-71,76H,7-66H2,1-6H3,(H,81,82)(H,83,84)/t67?,68?,69-,70+,71+/m0/s1. The lowest BCUT2D eigenvalue weighted by Crippen LogP contribution is -2.30. The number of carbonyl (C=O) groups excluding carboxylic acids is 4. The summed E-state index contributed by atoms with van der Waals surface area (Å²) in [7, 11) is -9.91. The van der Waals surface area contributed by atoms with Gasteiger partial charge < -0.3 is 33.8 Å². The minimum absolute atomic E-state index is 0.108. The molecule has 0 bridgehead atoms. The van der Waals surface area contributed by atoms with Gasteiger partial charge in [-0.1, -0.05) is 337 Å². The van der Waals surface area contributed by atoms with Gasteiger partial charge in [0.2, 0.25) is 0 Å². The molecule has 94 heavy (non-hydrogen) atoms. The van der Waals surface area contributed by atoms with Crippen LogP contribution in [0.1, 0.15) is 388 Å². The first-order valence-corrected chi connectivity index (χ1v) is 42.1. The van der Waals surface area contributed by atoms with E-state index in [1.807, 2.05) is 0 Å². The molecule has 0 heterocycles. The maximum Gasteiger partial charge on any atom is 0.472 e. The molecule has 4 unspecified atom stereocenters. The van der Waals surface area contributed by atoms with E-state index in [9.17, 15) is 43.2 Å². The average molecular weight is 1380 g/mol. The lowest BCUT2D eigenvalue weighted by Gasteiger charge is -2.21. The molecule has 0 fully saturated rings. The molecule has 0 aromatic heterocycles. The maximum atomic E-state index is 13.1. The van der Waals surface area contributed by atoms with Gasteiger partial charge in [-0.15, -0.1) is 0 Å². The number of aliphatic hydroxyl groups excluding tert-OH is 1. The Morgan fingerprint density at radius 1 is 0.298 bits per heavy atom. The first-order chi connectivity index (χ1) is 45.4. The minimum Gasteiger partial charge on any atom is -0.462 e. The quantitative estimate of drug-likeness (QED) is 0.0222. The lowest BCUT2D eigenvalue weighted by atomic mass is 9.99. The molecule has 558 valence electrons. The highest BCUT2D eigenvalue weighted by atomic mass is 31.2. The van der Waals surface area contributed by atoms with Crippen molar-refractivity contribution in [2.24, 2.45) is 11.8 Å². The first kappa shape index (κ1) is 92.1. The van der Waals surface area contributed by atoms with Crippen LogP contribution in [0.15, 0.2) is 0 Å². The zero-order chi connectivity index (χ0) is 69.3. The Morgan fingerprint density at radius 3 is 0.755 bits per heavy atom. The van der Waals surface area contributed by atoms with E-state index in [0.717, 1.165) is 102 Å². The number of rotatable bonds is 74. The molecule has 19 heteroatoms. The fraction of sp³-hybridized carbons (Fsp3) is 0.947. The summed E-state index contributed by atoms with van der Waals surface area (Å²) in [4.78, 5) is 72.7. The summed E-state index contributed by atoms with van der Waals surface area (Å²) < 4.78 is 68.5. The number of phosphoric acid groups is 2. The average Bonchev–Trinajstić information content (AvgIpc) is 1.33. The molecule has 0 spiro atoms. The third kappa shape index (κ3) is 66.0. The Morgan fingerprint density at radius 2 is 0.511 bits per heavy atom. The predicted molar refractivity (Wildman–Crippen MR) is 381 cm³/mol. The van der Waals surface area contributed by atoms with Crippen molar-refractivity contribution in [1.82, 2.24) is 0 Å². The fourth-order valence-electron chi connectivity index (χ4n) is 11.4. The van der Waals surface area contributed by atoms with Crippen molar-refractivity contribution in [1.29, 1.82) is 0 Å².